The third-order valence-corrected chi connectivity index (χ3v) is 8.28. The lowest BCUT2D eigenvalue weighted by Gasteiger charge is -2.57. The van der Waals surface area contributed by atoms with Crippen molar-refractivity contribution in [1.29, 1.82) is 0 Å². The number of carbonyl (C=O) groups excluding carboxylic acids is 1. The first-order chi connectivity index (χ1) is 10.5. The van der Waals surface area contributed by atoms with Crippen LogP contribution in [-0.4, -0.2) is 29.2 Å². The van der Waals surface area contributed by atoms with Gasteiger partial charge in [0, 0.05) is 5.41 Å². The highest BCUT2D eigenvalue weighted by Crippen LogP contribution is 2.67. The molecule has 0 radical (unpaired) electrons. The van der Waals surface area contributed by atoms with Crippen LogP contribution < -0.4 is 0 Å². The van der Waals surface area contributed by atoms with E-state index in [4.69, 9.17) is 4.74 Å². The monoisotopic (exact) mass is 302 g/mol. The molecule has 1 unspecified atom stereocenters. The predicted octanol–water partition coefficient (Wildman–Crippen LogP) is 2.87. The molecule has 4 aliphatic carbocycles. The first kappa shape index (κ1) is 13.7. The van der Waals surface area contributed by atoms with Crippen molar-refractivity contribution in [3.63, 3.8) is 0 Å². The molecule has 3 heteroatoms. The topological polar surface area (TPSA) is 49.8 Å². The molecule has 22 heavy (non-hydrogen) atoms. The average Bonchev–Trinajstić information content (AvgIpc) is 3.24. The van der Waals surface area contributed by atoms with Crippen molar-refractivity contribution in [2.24, 2.45) is 28.6 Å². The van der Waals surface area contributed by atoms with Crippen molar-refractivity contribution in [3.05, 3.63) is 11.6 Å². The van der Waals surface area contributed by atoms with E-state index in [2.05, 4.69) is 13.8 Å². The summed E-state index contributed by atoms with van der Waals surface area (Å²) in [5.41, 5.74) is 1.57. The second-order valence-electron chi connectivity index (χ2n) is 8.89. The molecule has 5 rings (SSSR count). The van der Waals surface area contributed by atoms with Crippen LogP contribution in [0.2, 0.25) is 0 Å². The SMILES string of the molecule is C[C@]12CC[C@H]3[C@@H](CCC4=CC(=O)[C@@H]5OC5[C@@]43C)[C@@H]1CC[C@@H]2O. The summed E-state index contributed by atoms with van der Waals surface area (Å²) in [5, 5.41) is 10.5. The number of aliphatic hydroxyl groups excluding tert-OH is 1. The van der Waals surface area contributed by atoms with E-state index < -0.39 is 0 Å². The molecular formula is C19H26O3. The third-order valence-electron chi connectivity index (χ3n) is 8.28. The Morgan fingerprint density at radius 1 is 1.18 bits per heavy atom. The van der Waals surface area contributed by atoms with Gasteiger partial charge in [0.05, 0.1) is 6.10 Å². The van der Waals surface area contributed by atoms with E-state index in [-0.39, 0.29) is 34.9 Å². The van der Waals surface area contributed by atoms with E-state index in [1.165, 1.54) is 24.8 Å². The molecule has 1 aliphatic heterocycles. The van der Waals surface area contributed by atoms with Gasteiger partial charge in [0.15, 0.2) is 5.78 Å². The van der Waals surface area contributed by atoms with E-state index >= 15 is 0 Å². The normalized spacial score (nSPS) is 59.0. The summed E-state index contributed by atoms with van der Waals surface area (Å²) >= 11 is 0. The fraction of sp³-hybridized carbons (Fsp3) is 0.842. The van der Waals surface area contributed by atoms with E-state index in [0.717, 1.165) is 19.3 Å². The third kappa shape index (κ3) is 1.43. The van der Waals surface area contributed by atoms with Gasteiger partial charge in [-0.1, -0.05) is 19.4 Å². The second-order valence-corrected chi connectivity index (χ2v) is 8.89. The fourth-order valence-corrected chi connectivity index (χ4v) is 6.90. The molecule has 3 saturated carbocycles. The molecule has 1 N–H and O–H groups in total. The minimum absolute atomic E-state index is 0.0797. The first-order valence-electron chi connectivity index (χ1n) is 9.04. The first-order valence-corrected chi connectivity index (χ1v) is 9.04. The highest BCUT2D eigenvalue weighted by molar-refractivity contribution is 5.98. The number of hydrogen-bond donors (Lipinski definition) is 1. The molecule has 0 spiro atoms. The number of epoxide rings is 1. The molecule has 0 aromatic carbocycles. The van der Waals surface area contributed by atoms with Gasteiger partial charge in [0.25, 0.3) is 0 Å². The molecule has 0 amide bonds. The van der Waals surface area contributed by atoms with E-state index in [1.54, 1.807) is 0 Å². The van der Waals surface area contributed by atoms with Crippen LogP contribution in [-0.2, 0) is 9.53 Å². The lowest BCUT2D eigenvalue weighted by molar-refractivity contribution is -0.116. The van der Waals surface area contributed by atoms with Crippen molar-refractivity contribution >= 4 is 5.78 Å². The molecule has 0 aromatic rings. The Labute approximate surface area is 132 Å². The molecular weight excluding hydrogens is 276 g/mol. The maximum absolute atomic E-state index is 12.0. The summed E-state index contributed by atoms with van der Waals surface area (Å²) in [6.07, 6.45) is 8.54. The van der Waals surface area contributed by atoms with Crippen molar-refractivity contribution < 1.29 is 14.6 Å². The van der Waals surface area contributed by atoms with Gasteiger partial charge < -0.3 is 9.84 Å². The maximum Gasteiger partial charge on any atom is 0.187 e. The Hall–Kier alpha value is -0.670. The number of rotatable bonds is 0. The van der Waals surface area contributed by atoms with Gasteiger partial charge in [0.1, 0.15) is 12.2 Å². The predicted molar refractivity (Wildman–Crippen MR) is 82.1 cm³/mol. The van der Waals surface area contributed by atoms with Crippen LogP contribution in [0.5, 0.6) is 0 Å². The summed E-state index contributed by atoms with van der Waals surface area (Å²) in [6.45, 7) is 4.68. The Bertz CT molecular complexity index is 581. The molecule has 0 aromatic heterocycles. The van der Waals surface area contributed by atoms with E-state index in [9.17, 15) is 9.90 Å². The lowest BCUT2D eigenvalue weighted by Crippen LogP contribution is -2.53. The largest absolute Gasteiger partial charge is 0.393 e. The van der Waals surface area contributed by atoms with Crippen molar-refractivity contribution in [1.82, 2.24) is 0 Å². The van der Waals surface area contributed by atoms with Crippen LogP contribution in [0, 0.1) is 28.6 Å². The Morgan fingerprint density at radius 2 is 2.00 bits per heavy atom. The standard InChI is InChI=1S/C19H26O3/c1-18-8-7-13-11(12(18)5-6-15(18)21)4-3-10-9-14(20)16-17(22-16)19(10,13)2/h9,11-13,15-17,21H,3-8H2,1-2H3/t11-,12-,13-,15-,16-,17?,18-,19-/m0/s1. The van der Waals surface area contributed by atoms with Crippen LogP contribution in [0.3, 0.4) is 0 Å². The van der Waals surface area contributed by atoms with Crippen LogP contribution in [0.4, 0.5) is 0 Å². The zero-order valence-corrected chi connectivity index (χ0v) is 13.5. The molecule has 1 saturated heterocycles. The van der Waals surface area contributed by atoms with Gasteiger partial charge in [-0.05, 0) is 67.8 Å². The molecule has 120 valence electrons. The minimum atomic E-state index is -0.144. The smallest absolute Gasteiger partial charge is 0.187 e. The summed E-state index contributed by atoms with van der Waals surface area (Å²) in [4.78, 5) is 12.0. The minimum Gasteiger partial charge on any atom is -0.393 e. The number of hydrogen-bond acceptors (Lipinski definition) is 3. The summed E-state index contributed by atoms with van der Waals surface area (Å²) in [5.74, 6) is 2.21. The highest BCUT2D eigenvalue weighted by Gasteiger charge is 2.67. The number of ketones is 1. The average molecular weight is 302 g/mol. The van der Waals surface area contributed by atoms with E-state index in [1.807, 2.05) is 6.08 Å². The molecule has 0 bridgehead atoms. The molecule has 3 nitrogen and oxygen atoms in total. The molecule has 8 atom stereocenters. The summed E-state index contributed by atoms with van der Waals surface area (Å²) in [7, 11) is 0. The van der Waals surface area contributed by atoms with Crippen molar-refractivity contribution in [2.75, 3.05) is 0 Å². The van der Waals surface area contributed by atoms with Crippen LogP contribution in [0.25, 0.3) is 0 Å². The zero-order chi connectivity index (χ0) is 15.3. The van der Waals surface area contributed by atoms with Gasteiger partial charge in [0.2, 0.25) is 0 Å². The second kappa shape index (κ2) is 4.05. The van der Waals surface area contributed by atoms with Gasteiger partial charge in [-0.25, -0.2) is 0 Å². The van der Waals surface area contributed by atoms with Crippen LogP contribution in [0.1, 0.15) is 52.4 Å². The fourth-order valence-electron chi connectivity index (χ4n) is 6.90. The van der Waals surface area contributed by atoms with Crippen molar-refractivity contribution in [3.8, 4) is 0 Å². The lowest BCUT2D eigenvalue weighted by atomic mass is 9.47. The number of ether oxygens (including phenoxy) is 1. The summed E-state index contributed by atoms with van der Waals surface area (Å²) < 4.78 is 5.82. The van der Waals surface area contributed by atoms with Gasteiger partial charge in [-0.2, -0.15) is 0 Å². The number of carbonyl (C=O) groups is 1. The van der Waals surface area contributed by atoms with Gasteiger partial charge >= 0.3 is 0 Å². The highest BCUT2D eigenvalue weighted by atomic mass is 16.6. The van der Waals surface area contributed by atoms with Gasteiger partial charge in [-0.3, -0.25) is 4.79 Å². The Kier molecular flexibility index (Phi) is 2.53. The summed E-state index contributed by atoms with van der Waals surface area (Å²) in [6, 6.07) is 0. The van der Waals surface area contributed by atoms with Crippen molar-refractivity contribution in [2.45, 2.75) is 70.7 Å². The Morgan fingerprint density at radius 3 is 2.82 bits per heavy atom. The molecule has 1 heterocycles. The number of aliphatic hydroxyl groups is 1. The molecule has 5 aliphatic rings. The quantitative estimate of drug-likeness (QED) is 0.700. The van der Waals surface area contributed by atoms with Crippen LogP contribution >= 0.6 is 0 Å². The number of fused-ring (bicyclic) bond motifs is 7. The van der Waals surface area contributed by atoms with Crippen LogP contribution in [0.15, 0.2) is 11.6 Å². The Balaban J connectivity index is 1.54. The maximum atomic E-state index is 12.0. The molecule has 4 fully saturated rings. The zero-order valence-electron chi connectivity index (χ0n) is 13.5. The van der Waals surface area contributed by atoms with Gasteiger partial charge in [-0.15, -0.1) is 0 Å². The van der Waals surface area contributed by atoms with E-state index in [0.29, 0.717) is 17.8 Å².